The number of carbonyl (C=O) groups is 2. The van der Waals surface area contributed by atoms with Crippen LogP contribution in [-0.2, 0) is 9.59 Å². The van der Waals surface area contributed by atoms with E-state index in [1.165, 1.54) is 0 Å². The van der Waals surface area contributed by atoms with E-state index in [1.807, 2.05) is 7.05 Å². The van der Waals surface area contributed by atoms with Gasteiger partial charge in [-0.1, -0.05) is 13.8 Å². The zero-order valence-electron chi connectivity index (χ0n) is 12.3. The standard InChI is InChI=1S/C14H26N2O2/c1-10(2)9-13(11(3)17)16(5)14(18)12-7-6-8-15(12)4/h10,12-13H,6-9H2,1-5H3/t12-,13+/m0/s1. The Balaban J connectivity index is 2.72. The molecule has 0 aromatic heterocycles. The van der Waals surface area contributed by atoms with Gasteiger partial charge in [0, 0.05) is 7.05 Å². The summed E-state index contributed by atoms with van der Waals surface area (Å²) in [6.07, 6.45) is 2.72. The third-order valence-electron chi connectivity index (χ3n) is 3.78. The zero-order chi connectivity index (χ0) is 13.9. The van der Waals surface area contributed by atoms with Crippen LogP contribution in [0.2, 0.25) is 0 Å². The van der Waals surface area contributed by atoms with Crippen LogP contribution < -0.4 is 0 Å². The highest BCUT2D eigenvalue weighted by Crippen LogP contribution is 2.19. The first-order valence-electron chi connectivity index (χ1n) is 6.82. The van der Waals surface area contributed by atoms with Crippen LogP contribution >= 0.6 is 0 Å². The number of nitrogens with zero attached hydrogens (tertiary/aromatic N) is 2. The van der Waals surface area contributed by atoms with Crippen molar-refractivity contribution in [2.75, 3.05) is 20.6 Å². The molecule has 1 aliphatic heterocycles. The van der Waals surface area contributed by atoms with E-state index in [2.05, 4.69) is 18.7 Å². The molecule has 0 N–H and O–H groups in total. The Bertz CT molecular complexity index is 315. The molecule has 2 atom stereocenters. The second-order valence-corrected chi connectivity index (χ2v) is 5.84. The molecule has 0 unspecified atom stereocenters. The van der Waals surface area contributed by atoms with Gasteiger partial charge in [-0.3, -0.25) is 14.5 Å². The largest absolute Gasteiger partial charge is 0.334 e. The Morgan fingerprint density at radius 3 is 2.39 bits per heavy atom. The Morgan fingerprint density at radius 1 is 1.39 bits per heavy atom. The molecule has 18 heavy (non-hydrogen) atoms. The number of rotatable bonds is 5. The first kappa shape index (κ1) is 15.2. The van der Waals surface area contributed by atoms with Crippen LogP contribution in [0.3, 0.4) is 0 Å². The maximum absolute atomic E-state index is 12.4. The molecule has 0 radical (unpaired) electrons. The van der Waals surface area contributed by atoms with Gasteiger partial charge in [0.1, 0.15) is 0 Å². The van der Waals surface area contributed by atoms with Gasteiger partial charge < -0.3 is 4.90 Å². The fourth-order valence-electron chi connectivity index (χ4n) is 2.65. The van der Waals surface area contributed by atoms with E-state index >= 15 is 0 Å². The summed E-state index contributed by atoms with van der Waals surface area (Å²) in [7, 11) is 3.75. The van der Waals surface area contributed by atoms with E-state index in [0.29, 0.717) is 5.92 Å². The van der Waals surface area contributed by atoms with Crippen LogP contribution in [0, 0.1) is 5.92 Å². The molecule has 0 aromatic carbocycles. The zero-order valence-corrected chi connectivity index (χ0v) is 12.3. The predicted molar refractivity (Wildman–Crippen MR) is 72.3 cm³/mol. The second-order valence-electron chi connectivity index (χ2n) is 5.84. The van der Waals surface area contributed by atoms with Crippen molar-refractivity contribution in [3.63, 3.8) is 0 Å². The number of amides is 1. The van der Waals surface area contributed by atoms with Crippen molar-refractivity contribution in [2.45, 2.75) is 52.1 Å². The average molecular weight is 254 g/mol. The van der Waals surface area contributed by atoms with Gasteiger partial charge in [-0.2, -0.15) is 0 Å². The number of likely N-dealkylation sites (N-methyl/N-ethyl adjacent to an activating group) is 2. The molecule has 1 aliphatic rings. The van der Waals surface area contributed by atoms with Crippen LogP contribution in [0.4, 0.5) is 0 Å². The predicted octanol–water partition coefficient (Wildman–Crippen LogP) is 1.54. The first-order valence-corrected chi connectivity index (χ1v) is 6.82. The second kappa shape index (κ2) is 6.32. The van der Waals surface area contributed by atoms with Gasteiger partial charge in [0.05, 0.1) is 12.1 Å². The maximum Gasteiger partial charge on any atom is 0.240 e. The molecule has 0 aromatic rings. The van der Waals surface area contributed by atoms with E-state index in [9.17, 15) is 9.59 Å². The lowest BCUT2D eigenvalue weighted by Gasteiger charge is -2.31. The lowest BCUT2D eigenvalue weighted by molar-refractivity contribution is -0.141. The number of carbonyl (C=O) groups excluding carboxylic acids is 2. The van der Waals surface area contributed by atoms with Crippen molar-refractivity contribution in [1.29, 1.82) is 0 Å². The molecule has 1 saturated heterocycles. The molecular formula is C14H26N2O2. The van der Waals surface area contributed by atoms with E-state index in [-0.39, 0.29) is 23.8 Å². The van der Waals surface area contributed by atoms with Crippen LogP contribution in [0.25, 0.3) is 0 Å². The van der Waals surface area contributed by atoms with Crippen molar-refractivity contribution in [3.05, 3.63) is 0 Å². The van der Waals surface area contributed by atoms with Crippen molar-refractivity contribution in [1.82, 2.24) is 9.80 Å². The SMILES string of the molecule is CC(=O)[C@@H](CC(C)C)N(C)C(=O)[C@@H]1CCCN1C. The molecule has 0 bridgehead atoms. The van der Waals surface area contributed by atoms with Gasteiger partial charge in [0.15, 0.2) is 5.78 Å². The molecule has 104 valence electrons. The summed E-state index contributed by atoms with van der Waals surface area (Å²) in [5, 5.41) is 0. The highest BCUT2D eigenvalue weighted by molar-refractivity contribution is 5.89. The van der Waals surface area contributed by atoms with Crippen LogP contribution in [0.15, 0.2) is 0 Å². The topological polar surface area (TPSA) is 40.6 Å². The number of hydrogen-bond acceptors (Lipinski definition) is 3. The number of hydrogen-bond donors (Lipinski definition) is 0. The summed E-state index contributed by atoms with van der Waals surface area (Å²) in [6.45, 7) is 6.71. The van der Waals surface area contributed by atoms with Gasteiger partial charge in [0.2, 0.25) is 5.91 Å². The van der Waals surface area contributed by atoms with Crippen molar-refractivity contribution < 1.29 is 9.59 Å². The molecule has 0 spiro atoms. The molecule has 0 saturated carbocycles. The summed E-state index contributed by atoms with van der Waals surface area (Å²) in [5.41, 5.74) is 0. The van der Waals surface area contributed by atoms with Gasteiger partial charge >= 0.3 is 0 Å². The van der Waals surface area contributed by atoms with E-state index in [0.717, 1.165) is 25.8 Å². The molecule has 1 rings (SSSR count). The van der Waals surface area contributed by atoms with Crippen molar-refractivity contribution >= 4 is 11.7 Å². The minimum absolute atomic E-state index is 0.0380. The van der Waals surface area contributed by atoms with E-state index in [4.69, 9.17) is 0 Å². The average Bonchev–Trinajstić information content (AvgIpc) is 2.69. The van der Waals surface area contributed by atoms with Crippen LogP contribution in [-0.4, -0.2) is 54.2 Å². The summed E-state index contributed by atoms with van der Waals surface area (Å²) in [5.74, 6) is 0.589. The Kier molecular flexibility index (Phi) is 5.32. The number of Topliss-reactive ketones (excluding diaryl/α,β-unsaturated/α-hetero) is 1. The summed E-state index contributed by atoms with van der Waals surface area (Å²) in [4.78, 5) is 27.9. The maximum atomic E-state index is 12.4. The Hall–Kier alpha value is -0.900. The molecular weight excluding hydrogens is 228 g/mol. The van der Waals surface area contributed by atoms with Crippen molar-refractivity contribution in [3.8, 4) is 0 Å². The minimum Gasteiger partial charge on any atom is -0.334 e. The molecule has 1 amide bonds. The third-order valence-corrected chi connectivity index (χ3v) is 3.78. The van der Waals surface area contributed by atoms with Crippen LogP contribution in [0.5, 0.6) is 0 Å². The fourth-order valence-corrected chi connectivity index (χ4v) is 2.65. The molecule has 1 fully saturated rings. The monoisotopic (exact) mass is 254 g/mol. The summed E-state index contributed by atoms with van der Waals surface area (Å²) >= 11 is 0. The summed E-state index contributed by atoms with van der Waals surface area (Å²) in [6, 6.07) is -0.310. The van der Waals surface area contributed by atoms with Gasteiger partial charge in [-0.25, -0.2) is 0 Å². The van der Waals surface area contributed by atoms with Gasteiger partial charge in [-0.05, 0) is 45.7 Å². The molecule has 4 heteroatoms. The Morgan fingerprint density at radius 2 is 2.00 bits per heavy atom. The van der Waals surface area contributed by atoms with Crippen molar-refractivity contribution in [2.24, 2.45) is 5.92 Å². The minimum atomic E-state index is -0.272. The summed E-state index contributed by atoms with van der Waals surface area (Å²) < 4.78 is 0. The van der Waals surface area contributed by atoms with Crippen LogP contribution in [0.1, 0.15) is 40.0 Å². The first-order chi connectivity index (χ1) is 8.34. The Labute approximate surface area is 110 Å². The molecule has 4 nitrogen and oxygen atoms in total. The highest BCUT2D eigenvalue weighted by Gasteiger charge is 2.34. The lowest BCUT2D eigenvalue weighted by Crippen LogP contribution is -2.49. The third kappa shape index (κ3) is 3.55. The molecule has 0 aliphatic carbocycles. The smallest absolute Gasteiger partial charge is 0.240 e. The van der Waals surface area contributed by atoms with E-state index < -0.39 is 0 Å². The molecule has 1 heterocycles. The quantitative estimate of drug-likeness (QED) is 0.747. The van der Waals surface area contributed by atoms with Gasteiger partial charge in [0.25, 0.3) is 0 Å². The highest BCUT2D eigenvalue weighted by atomic mass is 16.2. The van der Waals surface area contributed by atoms with E-state index in [1.54, 1.807) is 18.9 Å². The fraction of sp³-hybridized carbons (Fsp3) is 0.857. The number of likely N-dealkylation sites (tertiary alicyclic amines) is 1. The number of ketones is 1. The van der Waals surface area contributed by atoms with Gasteiger partial charge in [-0.15, -0.1) is 0 Å². The normalized spacial score (nSPS) is 22.2. The lowest BCUT2D eigenvalue weighted by atomic mass is 9.99.